The van der Waals surface area contributed by atoms with E-state index in [4.69, 9.17) is 0 Å². The van der Waals surface area contributed by atoms with Gasteiger partial charge in [-0.25, -0.2) is 0 Å². The van der Waals surface area contributed by atoms with Gasteiger partial charge in [0.2, 0.25) is 0 Å². The van der Waals surface area contributed by atoms with Crippen molar-refractivity contribution in [3.05, 3.63) is 70.8 Å². The lowest BCUT2D eigenvalue weighted by Gasteiger charge is -2.19. The van der Waals surface area contributed by atoms with Gasteiger partial charge in [0.1, 0.15) is 0 Å². The molecular weight excluding hydrogens is 254 g/mol. The van der Waals surface area contributed by atoms with E-state index in [0.29, 0.717) is 0 Å². The van der Waals surface area contributed by atoms with E-state index < -0.39 is 0 Å². The summed E-state index contributed by atoms with van der Waals surface area (Å²) < 4.78 is 0. The maximum absolute atomic E-state index is 3.55. The predicted molar refractivity (Wildman–Crippen MR) is 91.5 cm³/mol. The molecule has 2 aromatic carbocycles. The van der Waals surface area contributed by atoms with E-state index in [0.717, 1.165) is 19.5 Å². The first-order chi connectivity index (χ1) is 10.0. The molecule has 2 aromatic rings. The molecule has 1 nitrogen and oxygen atoms in total. The second kappa shape index (κ2) is 6.91. The third-order valence-corrected chi connectivity index (χ3v) is 3.96. The second-order valence-corrected chi connectivity index (χ2v) is 6.67. The van der Waals surface area contributed by atoms with Crippen LogP contribution in [-0.2, 0) is 24.9 Å². The van der Waals surface area contributed by atoms with Crippen molar-refractivity contribution in [1.82, 2.24) is 5.32 Å². The number of aryl methyl sites for hydroxylation is 1. The Labute approximate surface area is 129 Å². The fourth-order valence-corrected chi connectivity index (χ4v) is 2.54. The zero-order valence-corrected chi connectivity index (χ0v) is 13.7. The molecule has 0 bridgehead atoms. The van der Waals surface area contributed by atoms with E-state index in [2.05, 4.69) is 81.5 Å². The minimum absolute atomic E-state index is 0.228. The average Bonchev–Trinajstić information content (AvgIpc) is 2.47. The van der Waals surface area contributed by atoms with Crippen LogP contribution in [-0.4, -0.2) is 0 Å². The summed E-state index contributed by atoms with van der Waals surface area (Å²) in [6, 6.07) is 17.6. The molecule has 0 aliphatic heterocycles. The van der Waals surface area contributed by atoms with Crippen LogP contribution in [0.3, 0.4) is 0 Å². The quantitative estimate of drug-likeness (QED) is 0.827. The SMILES string of the molecule is CCc1ccccc1CNCc1ccc(C(C)(C)C)cc1. The number of hydrogen-bond donors (Lipinski definition) is 1. The van der Waals surface area contributed by atoms with Gasteiger partial charge in [0.05, 0.1) is 0 Å². The number of benzene rings is 2. The minimum atomic E-state index is 0.228. The smallest absolute Gasteiger partial charge is 0.0211 e. The van der Waals surface area contributed by atoms with Crippen LogP contribution < -0.4 is 5.32 Å². The summed E-state index contributed by atoms with van der Waals surface area (Å²) in [4.78, 5) is 0. The normalized spacial score (nSPS) is 11.6. The Morgan fingerprint density at radius 2 is 1.43 bits per heavy atom. The molecule has 0 spiro atoms. The zero-order chi connectivity index (χ0) is 15.3. The molecule has 0 atom stereocenters. The molecule has 1 heteroatoms. The third kappa shape index (κ3) is 4.44. The van der Waals surface area contributed by atoms with Crippen molar-refractivity contribution < 1.29 is 0 Å². The molecule has 0 amide bonds. The highest BCUT2D eigenvalue weighted by molar-refractivity contribution is 5.28. The molecule has 112 valence electrons. The van der Waals surface area contributed by atoms with Crippen molar-refractivity contribution in [2.24, 2.45) is 0 Å². The molecule has 0 fully saturated rings. The highest BCUT2D eigenvalue weighted by Crippen LogP contribution is 2.22. The van der Waals surface area contributed by atoms with E-state index in [1.54, 1.807) is 0 Å². The summed E-state index contributed by atoms with van der Waals surface area (Å²) >= 11 is 0. The summed E-state index contributed by atoms with van der Waals surface area (Å²) in [5.41, 5.74) is 5.81. The van der Waals surface area contributed by atoms with E-state index in [9.17, 15) is 0 Å². The lowest BCUT2D eigenvalue weighted by Crippen LogP contribution is -2.15. The lowest BCUT2D eigenvalue weighted by molar-refractivity contribution is 0.589. The molecule has 0 saturated carbocycles. The third-order valence-electron chi connectivity index (χ3n) is 3.96. The molecule has 0 aliphatic rings. The first-order valence-electron chi connectivity index (χ1n) is 7.87. The first kappa shape index (κ1) is 15.8. The Balaban J connectivity index is 1.92. The van der Waals surface area contributed by atoms with Gasteiger partial charge in [0.15, 0.2) is 0 Å². The second-order valence-electron chi connectivity index (χ2n) is 6.67. The monoisotopic (exact) mass is 281 g/mol. The Kier molecular flexibility index (Phi) is 5.19. The minimum Gasteiger partial charge on any atom is -0.309 e. The Bertz CT molecular complexity index is 561. The van der Waals surface area contributed by atoms with Crippen LogP contribution in [0.5, 0.6) is 0 Å². The molecule has 0 aliphatic carbocycles. The summed E-state index contributed by atoms with van der Waals surface area (Å²) in [7, 11) is 0. The molecule has 2 rings (SSSR count). The van der Waals surface area contributed by atoms with Gasteiger partial charge in [-0.3, -0.25) is 0 Å². The van der Waals surface area contributed by atoms with E-state index >= 15 is 0 Å². The topological polar surface area (TPSA) is 12.0 Å². The van der Waals surface area contributed by atoms with Crippen LogP contribution in [0, 0.1) is 0 Å². The average molecular weight is 281 g/mol. The maximum atomic E-state index is 3.55. The number of rotatable bonds is 5. The Morgan fingerprint density at radius 1 is 0.810 bits per heavy atom. The van der Waals surface area contributed by atoms with Gasteiger partial charge in [-0.15, -0.1) is 0 Å². The van der Waals surface area contributed by atoms with Crippen LogP contribution >= 0.6 is 0 Å². The van der Waals surface area contributed by atoms with Crippen LogP contribution in [0.2, 0.25) is 0 Å². The van der Waals surface area contributed by atoms with Crippen molar-refractivity contribution in [3.8, 4) is 0 Å². The summed E-state index contributed by atoms with van der Waals surface area (Å²) in [6.45, 7) is 10.8. The van der Waals surface area contributed by atoms with Crippen molar-refractivity contribution in [2.45, 2.75) is 52.6 Å². The van der Waals surface area contributed by atoms with Gasteiger partial charge in [0.25, 0.3) is 0 Å². The molecule has 1 N–H and O–H groups in total. The standard InChI is InChI=1S/C20H27N/c1-5-17-8-6-7-9-18(17)15-21-14-16-10-12-19(13-11-16)20(2,3)4/h6-13,21H,5,14-15H2,1-4H3. The maximum Gasteiger partial charge on any atom is 0.0211 e. The van der Waals surface area contributed by atoms with Gasteiger partial charge in [-0.05, 0) is 34.1 Å². The Hall–Kier alpha value is -1.60. The van der Waals surface area contributed by atoms with Gasteiger partial charge in [-0.2, -0.15) is 0 Å². The van der Waals surface area contributed by atoms with Crippen LogP contribution in [0.15, 0.2) is 48.5 Å². The molecule has 0 radical (unpaired) electrons. The predicted octanol–water partition coefficient (Wildman–Crippen LogP) is 4.84. The van der Waals surface area contributed by atoms with Crippen molar-refractivity contribution in [2.75, 3.05) is 0 Å². The van der Waals surface area contributed by atoms with Crippen molar-refractivity contribution in [1.29, 1.82) is 0 Å². The summed E-state index contributed by atoms with van der Waals surface area (Å²) in [5.74, 6) is 0. The summed E-state index contributed by atoms with van der Waals surface area (Å²) in [5, 5.41) is 3.55. The van der Waals surface area contributed by atoms with Crippen molar-refractivity contribution in [3.63, 3.8) is 0 Å². The largest absolute Gasteiger partial charge is 0.309 e. The van der Waals surface area contributed by atoms with Gasteiger partial charge in [0, 0.05) is 13.1 Å². The molecule has 0 aromatic heterocycles. The van der Waals surface area contributed by atoms with Crippen LogP contribution in [0.25, 0.3) is 0 Å². The molecule has 21 heavy (non-hydrogen) atoms. The highest BCUT2D eigenvalue weighted by Gasteiger charge is 2.12. The Morgan fingerprint density at radius 3 is 2.00 bits per heavy atom. The fraction of sp³-hybridized carbons (Fsp3) is 0.400. The van der Waals surface area contributed by atoms with Gasteiger partial charge in [-0.1, -0.05) is 76.2 Å². The van der Waals surface area contributed by atoms with E-state index in [1.807, 2.05) is 0 Å². The van der Waals surface area contributed by atoms with Crippen LogP contribution in [0.1, 0.15) is 49.9 Å². The lowest BCUT2D eigenvalue weighted by atomic mass is 9.87. The number of hydrogen-bond acceptors (Lipinski definition) is 1. The molecule has 0 heterocycles. The van der Waals surface area contributed by atoms with E-state index in [-0.39, 0.29) is 5.41 Å². The van der Waals surface area contributed by atoms with Crippen LogP contribution in [0.4, 0.5) is 0 Å². The van der Waals surface area contributed by atoms with Gasteiger partial charge < -0.3 is 5.32 Å². The van der Waals surface area contributed by atoms with E-state index in [1.165, 1.54) is 22.3 Å². The molecule has 0 unspecified atom stereocenters. The zero-order valence-electron chi connectivity index (χ0n) is 13.7. The number of nitrogens with one attached hydrogen (secondary N) is 1. The first-order valence-corrected chi connectivity index (χ1v) is 7.87. The fourth-order valence-electron chi connectivity index (χ4n) is 2.54. The van der Waals surface area contributed by atoms with Crippen molar-refractivity contribution >= 4 is 0 Å². The molecule has 0 saturated heterocycles. The van der Waals surface area contributed by atoms with Gasteiger partial charge >= 0.3 is 0 Å². The highest BCUT2D eigenvalue weighted by atomic mass is 14.8. The summed E-state index contributed by atoms with van der Waals surface area (Å²) in [6.07, 6.45) is 1.10. The molecular formula is C20H27N.